The van der Waals surface area contributed by atoms with Crippen LogP contribution in [0.1, 0.15) is 20.8 Å². The van der Waals surface area contributed by atoms with Gasteiger partial charge in [0.05, 0.1) is 5.69 Å². The van der Waals surface area contributed by atoms with Crippen LogP contribution in [0.4, 0.5) is 5.69 Å². The van der Waals surface area contributed by atoms with Crippen molar-refractivity contribution >= 4 is 15.7 Å². The van der Waals surface area contributed by atoms with Gasteiger partial charge in [-0.05, 0) is 19.1 Å². The van der Waals surface area contributed by atoms with Crippen LogP contribution < -0.4 is 5.32 Å². The monoisotopic (exact) mass is 256 g/mol. The van der Waals surface area contributed by atoms with E-state index in [0.29, 0.717) is 17.1 Å². The Kier molecular flexibility index (Phi) is 4.54. The molecule has 96 valence electrons. The summed E-state index contributed by atoms with van der Waals surface area (Å²) < 4.78 is 25.6. The van der Waals surface area contributed by atoms with Gasteiger partial charge in [0.15, 0.2) is 0 Å². The summed E-state index contributed by atoms with van der Waals surface area (Å²) in [6.07, 6.45) is 0. The second-order valence-electron chi connectivity index (χ2n) is 3.75. The first-order valence-corrected chi connectivity index (χ1v) is 7.28. The molecule has 0 spiro atoms. The van der Waals surface area contributed by atoms with E-state index in [-0.39, 0.29) is 6.04 Å². The Morgan fingerprint density at radius 1 is 1.29 bits per heavy atom. The molecule has 1 aromatic rings. The summed E-state index contributed by atoms with van der Waals surface area (Å²) in [5.41, 5.74) is 0.689. The molecule has 0 bridgehead atoms. The molecule has 17 heavy (non-hydrogen) atoms. The minimum Gasteiger partial charge on any atom is -0.382 e. The molecule has 1 N–H and O–H groups in total. The number of fused-ring (bicyclic) bond motifs is 1. The molecule has 1 atom stereocenters. The van der Waals surface area contributed by atoms with Crippen LogP contribution in [0.5, 0.6) is 0 Å². The summed E-state index contributed by atoms with van der Waals surface area (Å²) in [6, 6.07) is 6.95. The molecular formula is C12H20N2O2S. The van der Waals surface area contributed by atoms with E-state index < -0.39 is 10.0 Å². The number of hydrogen-bond donors (Lipinski definition) is 1. The van der Waals surface area contributed by atoms with Crippen LogP contribution in [-0.2, 0) is 10.0 Å². The van der Waals surface area contributed by atoms with Gasteiger partial charge in [-0.3, -0.25) is 0 Å². The number of nitrogens with zero attached hydrogens (tertiary/aromatic N) is 1. The van der Waals surface area contributed by atoms with E-state index in [2.05, 4.69) is 5.32 Å². The van der Waals surface area contributed by atoms with E-state index in [4.69, 9.17) is 0 Å². The van der Waals surface area contributed by atoms with Gasteiger partial charge >= 0.3 is 0 Å². The minimum atomic E-state index is -3.34. The molecular weight excluding hydrogens is 236 g/mol. The normalized spacial score (nSPS) is 22.5. The summed E-state index contributed by atoms with van der Waals surface area (Å²) in [4.78, 5) is 0.358. The fourth-order valence-electron chi connectivity index (χ4n) is 1.62. The van der Waals surface area contributed by atoms with E-state index in [0.717, 1.165) is 0 Å². The van der Waals surface area contributed by atoms with Crippen molar-refractivity contribution in [3.63, 3.8) is 0 Å². The molecule has 1 aliphatic heterocycles. The Labute approximate surface area is 104 Å². The molecule has 1 unspecified atom stereocenters. The van der Waals surface area contributed by atoms with Crippen molar-refractivity contribution in [1.29, 1.82) is 0 Å². The molecule has 1 aromatic carbocycles. The first-order chi connectivity index (χ1) is 8.03. The topological polar surface area (TPSA) is 49.4 Å². The maximum absolute atomic E-state index is 12.1. The number of anilines is 1. The van der Waals surface area contributed by atoms with Gasteiger partial charge in [0.1, 0.15) is 4.90 Å². The second-order valence-corrected chi connectivity index (χ2v) is 5.71. The Hall–Kier alpha value is -1.07. The quantitative estimate of drug-likeness (QED) is 0.773. The summed E-state index contributed by atoms with van der Waals surface area (Å²) in [5.74, 6) is 0. The van der Waals surface area contributed by atoms with Crippen molar-refractivity contribution < 1.29 is 8.42 Å². The van der Waals surface area contributed by atoms with Crippen LogP contribution >= 0.6 is 0 Å². The first kappa shape index (κ1) is 14.0. The van der Waals surface area contributed by atoms with Crippen LogP contribution in [-0.4, -0.2) is 32.4 Å². The summed E-state index contributed by atoms with van der Waals surface area (Å²) in [7, 11) is -1.72. The SMILES string of the molecule is CC.CC1CNc2ccccc2S(=O)(=O)N1C. The Morgan fingerprint density at radius 3 is 2.53 bits per heavy atom. The van der Waals surface area contributed by atoms with Crippen LogP contribution in [0.2, 0.25) is 0 Å². The molecule has 2 rings (SSSR count). The van der Waals surface area contributed by atoms with Gasteiger partial charge in [-0.25, -0.2) is 8.42 Å². The fraction of sp³-hybridized carbons (Fsp3) is 0.500. The maximum Gasteiger partial charge on any atom is 0.245 e. The number of nitrogens with one attached hydrogen (secondary N) is 1. The number of likely N-dealkylation sites (N-methyl/N-ethyl adjacent to an activating group) is 1. The Balaban J connectivity index is 0.000000686. The third-order valence-corrected chi connectivity index (χ3v) is 4.78. The molecule has 4 nitrogen and oxygen atoms in total. The minimum absolute atomic E-state index is 0.0394. The van der Waals surface area contributed by atoms with Crippen molar-refractivity contribution in [3.05, 3.63) is 24.3 Å². The highest BCUT2D eigenvalue weighted by atomic mass is 32.2. The lowest BCUT2D eigenvalue weighted by molar-refractivity contribution is 0.405. The summed E-state index contributed by atoms with van der Waals surface area (Å²) in [5, 5.41) is 3.14. The van der Waals surface area contributed by atoms with Gasteiger partial charge in [-0.15, -0.1) is 0 Å². The molecule has 5 heteroatoms. The van der Waals surface area contributed by atoms with Crippen molar-refractivity contribution in [2.24, 2.45) is 0 Å². The van der Waals surface area contributed by atoms with Crippen LogP contribution in [0.3, 0.4) is 0 Å². The average Bonchev–Trinajstić information content (AvgIpc) is 2.44. The first-order valence-electron chi connectivity index (χ1n) is 5.84. The average molecular weight is 256 g/mol. The highest BCUT2D eigenvalue weighted by molar-refractivity contribution is 7.89. The lowest BCUT2D eigenvalue weighted by Crippen LogP contribution is -2.36. The van der Waals surface area contributed by atoms with Crippen molar-refractivity contribution in [1.82, 2.24) is 4.31 Å². The molecule has 0 aromatic heterocycles. The van der Waals surface area contributed by atoms with Crippen LogP contribution in [0, 0.1) is 0 Å². The highest BCUT2D eigenvalue weighted by Gasteiger charge is 2.30. The molecule has 0 radical (unpaired) electrons. The third kappa shape index (κ3) is 2.61. The largest absolute Gasteiger partial charge is 0.382 e. The zero-order chi connectivity index (χ0) is 13.1. The molecule has 0 amide bonds. The lowest BCUT2D eigenvalue weighted by Gasteiger charge is -2.20. The van der Waals surface area contributed by atoms with E-state index >= 15 is 0 Å². The second kappa shape index (κ2) is 5.51. The van der Waals surface area contributed by atoms with Crippen molar-refractivity contribution in [2.75, 3.05) is 18.9 Å². The summed E-state index contributed by atoms with van der Waals surface area (Å²) >= 11 is 0. The third-order valence-electron chi connectivity index (χ3n) is 2.75. The smallest absolute Gasteiger partial charge is 0.245 e. The molecule has 0 aliphatic carbocycles. The van der Waals surface area contributed by atoms with Gasteiger partial charge < -0.3 is 5.32 Å². The lowest BCUT2D eigenvalue weighted by atomic mass is 10.3. The Bertz CT molecular complexity index is 471. The molecule has 0 saturated carbocycles. The van der Waals surface area contributed by atoms with Gasteiger partial charge in [0.2, 0.25) is 10.0 Å². The molecule has 0 fully saturated rings. The number of hydrogen-bond acceptors (Lipinski definition) is 3. The predicted octanol–water partition coefficient (Wildman–Crippen LogP) is 2.15. The van der Waals surface area contributed by atoms with Gasteiger partial charge in [0.25, 0.3) is 0 Å². The van der Waals surface area contributed by atoms with Crippen molar-refractivity contribution in [2.45, 2.75) is 31.7 Å². The number of rotatable bonds is 0. The molecule has 0 saturated heterocycles. The predicted molar refractivity (Wildman–Crippen MR) is 70.7 cm³/mol. The molecule has 1 aliphatic rings. The number of sulfonamides is 1. The van der Waals surface area contributed by atoms with Crippen molar-refractivity contribution in [3.8, 4) is 0 Å². The fourth-order valence-corrected chi connectivity index (χ4v) is 3.14. The zero-order valence-corrected chi connectivity index (χ0v) is 11.6. The van der Waals surface area contributed by atoms with Crippen LogP contribution in [0.15, 0.2) is 29.2 Å². The number of benzene rings is 1. The van der Waals surface area contributed by atoms with E-state index in [9.17, 15) is 8.42 Å². The van der Waals surface area contributed by atoms with E-state index in [1.807, 2.05) is 26.8 Å². The van der Waals surface area contributed by atoms with E-state index in [1.54, 1.807) is 25.2 Å². The van der Waals surface area contributed by atoms with E-state index in [1.165, 1.54) is 4.31 Å². The van der Waals surface area contributed by atoms with Gasteiger partial charge in [0, 0.05) is 19.6 Å². The number of para-hydroxylation sites is 1. The Morgan fingerprint density at radius 2 is 1.88 bits per heavy atom. The van der Waals surface area contributed by atoms with Gasteiger partial charge in [-0.1, -0.05) is 26.0 Å². The van der Waals surface area contributed by atoms with Gasteiger partial charge in [-0.2, -0.15) is 4.31 Å². The highest BCUT2D eigenvalue weighted by Crippen LogP contribution is 2.27. The standard InChI is InChI=1S/C10H14N2O2S.C2H6/c1-8-7-11-9-5-3-4-6-10(9)15(13,14)12(8)2;1-2/h3-6,8,11H,7H2,1-2H3;1-2H3. The maximum atomic E-state index is 12.1. The zero-order valence-electron chi connectivity index (χ0n) is 10.8. The molecule has 1 heterocycles. The summed E-state index contributed by atoms with van der Waals surface area (Å²) in [6.45, 7) is 6.52. The van der Waals surface area contributed by atoms with Crippen LogP contribution in [0.25, 0.3) is 0 Å².